The summed E-state index contributed by atoms with van der Waals surface area (Å²) in [6.07, 6.45) is 6.20. The molecule has 0 fully saturated rings. The summed E-state index contributed by atoms with van der Waals surface area (Å²) in [6, 6.07) is 17.9. The lowest BCUT2D eigenvalue weighted by atomic mass is 10.1. The summed E-state index contributed by atoms with van der Waals surface area (Å²) in [5.74, 6) is 0.471. The fourth-order valence-corrected chi connectivity index (χ4v) is 5.70. The molecule has 0 spiro atoms. The summed E-state index contributed by atoms with van der Waals surface area (Å²) < 4.78 is 35.8. The Balaban J connectivity index is 1.35. The molecule has 5 aromatic rings. The van der Waals surface area contributed by atoms with Gasteiger partial charge in [-0.25, -0.2) is 13.4 Å². The molecule has 0 N–H and O–H groups in total. The average molecular weight is 627 g/mol. The van der Waals surface area contributed by atoms with Crippen LogP contribution in [-0.4, -0.2) is 84.2 Å². The molecule has 0 bridgehead atoms. The van der Waals surface area contributed by atoms with Gasteiger partial charge in [-0.3, -0.25) is 24.2 Å². The fraction of sp³-hybridized carbons (Fsp3) is 0.219. The summed E-state index contributed by atoms with van der Waals surface area (Å²) in [6.45, 7) is 0.631. The Morgan fingerprint density at radius 3 is 2.16 bits per heavy atom. The predicted molar refractivity (Wildman–Crippen MR) is 169 cm³/mol. The van der Waals surface area contributed by atoms with Crippen LogP contribution in [0.5, 0.6) is 11.5 Å². The Hall–Kier alpha value is -5.30. The molecular formula is C32H30N6O6S. The summed E-state index contributed by atoms with van der Waals surface area (Å²) in [4.78, 5) is 38.9. The molecule has 2 aromatic heterocycles. The minimum atomic E-state index is -3.13. The maximum absolute atomic E-state index is 13.1. The Bertz CT molecular complexity index is 1990. The van der Waals surface area contributed by atoms with E-state index >= 15 is 0 Å². The van der Waals surface area contributed by atoms with Gasteiger partial charge in [-0.05, 0) is 30.3 Å². The van der Waals surface area contributed by atoms with Crippen molar-refractivity contribution in [2.24, 2.45) is 0 Å². The van der Waals surface area contributed by atoms with Gasteiger partial charge in [0.05, 0.1) is 66.8 Å². The summed E-state index contributed by atoms with van der Waals surface area (Å²) in [5.41, 5.74) is 4.79. The monoisotopic (exact) mass is 626 g/mol. The van der Waals surface area contributed by atoms with Crippen LogP contribution in [0, 0.1) is 0 Å². The zero-order valence-electron chi connectivity index (χ0n) is 24.9. The maximum atomic E-state index is 13.1. The molecule has 6 rings (SSSR count). The number of carbonyl (C=O) groups excluding carboxylic acids is 2. The minimum Gasteiger partial charge on any atom is -0.497 e. The molecule has 1 aliphatic heterocycles. The van der Waals surface area contributed by atoms with Gasteiger partial charge in [0.25, 0.3) is 11.8 Å². The Labute approximate surface area is 259 Å². The molecule has 12 nitrogen and oxygen atoms in total. The highest BCUT2D eigenvalue weighted by Gasteiger charge is 2.35. The molecule has 3 heterocycles. The molecule has 45 heavy (non-hydrogen) atoms. The number of aryl methyl sites for hydroxylation is 1. The third-order valence-corrected chi connectivity index (χ3v) is 8.46. The fourth-order valence-electron chi connectivity index (χ4n) is 5.18. The van der Waals surface area contributed by atoms with Gasteiger partial charge < -0.3 is 14.4 Å². The number of nitrogens with zero attached hydrogens (tertiary/aromatic N) is 6. The Morgan fingerprint density at radius 2 is 1.51 bits per heavy atom. The number of hydrogen-bond donors (Lipinski definition) is 0. The normalized spacial score (nSPS) is 12.9. The van der Waals surface area contributed by atoms with Gasteiger partial charge in [0.1, 0.15) is 21.3 Å². The van der Waals surface area contributed by atoms with Gasteiger partial charge in [0.2, 0.25) is 0 Å². The Morgan fingerprint density at radius 1 is 0.822 bits per heavy atom. The van der Waals surface area contributed by atoms with E-state index in [9.17, 15) is 18.0 Å². The first-order valence-corrected chi connectivity index (χ1v) is 16.1. The highest BCUT2D eigenvalue weighted by molar-refractivity contribution is 7.90. The van der Waals surface area contributed by atoms with Crippen LogP contribution in [0.15, 0.2) is 79.3 Å². The number of anilines is 2. The van der Waals surface area contributed by atoms with Gasteiger partial charge >= 0.3 is 0 Å². The smallest absolute Gasteiger partial charge is 0.261 e. The van der Waals surface area contributed by atoms with Crippen molar-refractivity contribution < 1.29 is 27.5 Å². The number of imide groups is 1. The molecule has 0 aliphatic carbocycles. The van der Waals surface area contributed by atoms with E-state index in [1.807, 2.05) is 35.2 Å². The standard InChI is InChI=1S/C32H30N6O6S/c1-43-24-14-23(15-25(17-24)44-2)37(10-11-38-31(39)26-6-4-5-7-27(26)32(38)40)22-8-9-28-29(16-22)35-30(19-33-28)21-18-34-36(20-21)12-13-45(3,41)42/h4-9,14-20H,10-13H2,1-3H3. The molecule has 0 atom stereocenters. The van der Waals surface area contributed by atoms with Crippen LogP contribution in [-0.2, 0) is 16.4 Å². The lowest BCUT2D eigenvalue weighted by molar-refractivity contribution is 0.0659. The van der Waals surface area contributed by atoms with E-state index in [4.69, 9.17) is 14.5 Å². The second kappa shape index (κ2) is 12.0. The molecular weight excluding hydrogens is 596 g/mol. The van der Waals surface area contributed by atoms with Crippen LogP contribution in [0.1, 0.15) is 20.7 Å². The van der Waals surface area contributed by atoms with Crippen LogP contribution in [0.2, 0.25) is 0 Å². The number of sulfone groups is 1. The number of aromatic nitrogens is 4. The van der Waals surface area contributed by atoms with Crippen molar-refractivity contribution in [3.63, 3.8) is 0 Å². The van der Waals surface area contributed by atoms with Crippen molar-refractivity contribution in [1.82, 2.24) is 24.6 Å². The highest BCUT2D eigenvalue weighted by Crippen LogP contribution is 2.34. The number of amides is 2. The van der Waals surface area contributed by atoms with Crippen LogP contribution < -0.4 is 14.4 Å². The molecule has 0 unspecified atom stereocenters. The third kappa shape index (κ3) is 6.20. The first-order valence-electron chi connectivity index (χ1n) is 14.1. The number of hydrogen-bond acceptors (Lipinski definition) is 10. The average Bonchev–Trinajstić information content (AvgIpc) is 3.62. The van der Waals surface area contributed by atoms with Crippen molar-refractivity contribution in [1.29, 1.82) is 0 Å². The topological polar surface area (TPSA) is 137 Å². The molecule has 0 saturated heterocycles. The SMILES string of the molecule is COc1cc(OC)cc(N(CCN2C(=O)c3ccccc3C2=O)c2ccc3ncc(-c4cnn(CCS(C)(=O)=O)c4)nc3c2)c1. The number of ether oxygens (including phenoxy) is 2. The van der Waals surface area contributed by atoms with Crippen molar-refractivity contribution in [3.8, 4) is 22.8 Å². The van der Waals surface area contributed by atoms with Gasteiger partial charge in [-0.15, -0.1) is 0 Å². The first kappa shape index (κ1) is 29.8. The molecule has 3 aromatic carbocycles. The molecule has 13 heteroatoms. The van der Waals surface area contributed by atoms with Crippen molar-refractivity contribution in [2.45, 2.75) is 6.54 Å². The van der Waals surface area contributed by atoms with E-state index in [-0.39, 0.29) is 37.2 Å². The quantitative estimate of drug-likeness (QED) is 0.198. The number of carbonyl (C=O) groups is 2. The van der Waals surface area contributed by atoms with Crippen LogP contribution in [0.25, 0.3) is 22.3 Å². The maximum Gasteiger partial charge on any atom is 0.261 e. The zero-order chi connectivity index (χ0) is 31.7. The number of benzene rings is 3. The summed E-state index contributed by atoms with van der Waals surface area (Å²) in [7, 11) is 0.00397. The van der Waals surface area contributed by atoms with E-state index in [0.29, 0.717) is 44.9 Å². The first-order chi connectivity index (χ1) is 21.6. The van der Waals surface area contributed by atoms with E-state index in [0.717, 1.165) is 11.4 Å². The summed E-state index contributed by atoms with van der Waals surface area (Å²) >= 11 is 0. The number of fused-ring (bicyclic) bond motifs is 2. The summed E-state index contributed by atoms with van der Waals surface area (Å²) in [5, 5.41) is 4.28. The molecule has 230 valence electrons. The zero-order valence-corrected chi connectivity index (χ0v) is 25.7. The van der Waals surface area contributed by atoms with Crippen LogP contribution in [0.4, 0.5) is 11.4 Å². The van der Waals surface area contributed by atoms with Gasteiger partial charge in [0, 0.05) is 60.7 Å². The van der Waals surface area contributed by atoms with Gasteiger partial charge in [0.15, 0.2) is 0 Å². The number of methoxy groups -OCH3 is 2. The van der Waals surface area contributed by atoms with Gasteiger partial charge in [-0.2, -0.15) is 5.10 Å². The van der Waals surface area contributed by atoms with Crippen molar-refractivity contribution in [3.05, 3.63) is 90.4 Å². The molecule has 2 amide bonds. The Kier molecular flexibility index (Phi) is 7.94. The van der Waals surface area contributed by atoms with E-state index in [1.165, 1.54) is 11.2 Å². The van der Waals surface area contributed by atoms with E-state index < -0.39 is 9.84 Å². The van der Waals surface area contributed by atoms with Crippen molar-refractivity contribution in [2.75, 3.05) is 44.2 Å². The molecule has 0 radical (unpaired) electrons. The van der Waals surface area contributed by atoms with E-state index in [2.05, 4.69) is 10.1 Å². The molecule has 1 aliphatic rings. The minimum absolute atomic E-state index is 0.0213. The van der Waals surface area contributed by atoms with Gasteiger partial charge in [-0.1, -0.05) is 12.1 Å². The largest absolute Gasteiger partial charge is 0.497 e. The predicted octanol–water partition coefficient (Wildman–Crippen LogP) is 3.99. The highest BCUT2D eigenvalue weighted by atomic mass is 32.2. The molecule has 0 saturated carbocycles. The third-order valence-electron chi connectivity index (χ3n) is 7.53. The van der Waals surface area contributed by atoms with Crippen LogP contribution >= 0.6 is 0 Å². The lowest BCUT2D eigenvalue weighted by Crippen LogP contribution is -2.36. The second-order valence-corrected chi connectivity index (χ2v) is 12.8. The van der Waals surface area contributed by atoms with E-state index in [1.54, 1.807) is 67.8 Å². The van der Waals surface area contributed by atoms with Crippen LogP contribution in [0.3, 0.4) is 0 Å². The van der Waals surface area contributed by atoms with Crippen molar-refractivity contribution >= 4 is 44.1 Å². The lowest BCUT2D eigenvalue weighted by Gasteiger charge is -2.28. The second-order valence-electron chi connectivity index (χ2n) is 10.6. The number of rotatable bonds is 11.